The van der Waals surface area contributed by atoms with Gasteiger partial charge in [-0.3, -0.25) is 4.99 Å². The lowest BCUT2D eigenvalue weighted by atomic mass is 10.1. The van der Waals surface area contributed by atoms with E-state index < -0.39 is 5.92 Å². The molecule has 0 fully saturated rings. The zero-order chi connectivity index (χ0) is 18.4. The first-order chi connectivity index (χ1) is 11.8. The number of nitrogen functional groups attached to an aromatic ring is 1. The van der Waals surface area contributed by atoms with Crippen LogP contribution in [-0.2, 0) is 5.92 Å². The molecule has 0 saturated carbocycles. The number of hydrogen-bond donors (Lipinski definition) is 2. The van der Waals surface area contributed by atoms with Gasteiger partial charge in [0.15, 0.2) is 0 Å². The van der Waals surface area contributed by atoms with Crippen molar-refractivity contribution in [1.29, 1.82) is 0 Å². The van der Waals surface area contributed by atoms with Crippen LogP contribution >= 0.6 is 11.6 Å². The molecule has 0 amide bonds. The molecule has 0 unspecified atom stereocenters. The maximum absolute atomic E-state index is 13.5. The molecule has 25 heavy (non-hydrogen) atoms. The predicted octanol–water partition coefficient (Wildman–Crippen LogP) is 2.92. The largest absolute Gasteiger partial charge is 0.457 e. The lowest BCUT2D eigenvalue weighted by Crippen LogP contribution is -2.16. The Labute approximate surface area is 147 Å². The number of hydrogen-bond acceptors (Lipinski definition) is 7. The maximum Gasteiger partial charge on any atom is 0.318 e. The average Bonchev–Trinajstić information content (AvgIpc) is 2.55. The molecule has 2 rings (SSSR count). The van der Waals surface area contributed by atoms with Crippen LogP contribution in [0.3, 0.4) is 0 Å². The smallest absolute Gasteiger partial charge is 0.318 e. The molecule has 2 aromatic rings. The minimum Gasteiger partial charge on any atom is -0.457 e. The summed E-state index contributed by atoms with van der Waals surface area (Å²) in [5, 5.41) is 3.47. The summed E-state index contributed by atoms with van der Waals surface area (Å²) in [7, 11) is 0. The van der Waals surface area contributed by atoms with Gasteiger partial charge in [-0.2, -0.15) is 10.1 Å². The molecule has 10 heteroatoms. The first kappa shape index (κ1) is 18.5. The zero-order valence-corrected chi connectivity index (χ0v) is 13.9. The monoisotopic (exact) mass is 368 g/mol. The summed E-state index contributed by atoms with van der Waals surface area (Å²) < 4.78 is 32.2. The van der Waals surface area contributed by atoms with Crippen molar-refractivity contribution in [3.8, 4) is 6.01 Å². The van der Waals surface area contributed by atoms with Crippen LogP contribution in [0.1, 0.15) is 12.5 Å². The van der Waals surface area contributed by atoms with Gasteiger partial charge in [0.2, 0.25) is 0 Å². The van der Waals surface area contributed by atoms with Crippen molar-refractivity contribution in [2.75, 3.05) is 12.3 Å². The summed E-state index contributed by atoms with van der Waals surface area (Å²) in [6.07, 6.45) is 2.72. The summed E-state index contributed by atoms with van der Waals surface area (Å²) in [6.45, 7) is 0.682. The highest BCUT2D eigenvalue weighted by atomic mass is 35.5. The Kier molecular flexibility index (Phi) is 5.81. The van der Waals surface area contributed by atoms with Crippen molar-refractivity contribution in [3.63, 3.8) is 0 Å². The molecule has 7 nitrogen and oxygen atoms in total. The van der Waals surface area contributed by atoms with Crippen LogP contribution in [0, 0.1) is 0 Å². The van der Waals surface area contributed by atoms with Gasteiger partial charge in [0.1, 0.15) is 18.1 Å². The highest BCUT2D eigenvalue weighted by Crippen LogP contribution is 2.35. The first-order valence-electron chi connectivity index (χ1n) is 6.99. The van der Waals surface area contributed by atoms with Gasteiger partial charge in [-0.25, -0.2) is 13.8 Å². The van der Waals surface area contributed by atoms with E-state index in [0.29, 0.717) is 0 Å². The number of nitrogens with two attached hydrogens (primary N) is 2. The van der Waals surface area contributed by atoms with E-state index in [9.17, 15) is 8.78 Å². The lowest BCUT2D eigenvalue weighted by molar-refractivity contribution is 0.0176. The molecule has 1 heterocycles. The van der Waals surface area contributed by atoms with Gasteiger partial charge < -0.3 is 16.3 Å². The molecule has 4 N–H and O–H groups in total. The molecule has 0 aliphatic rings. The molecule has 1 aromatic heterocycles. The fourth-order valence-electron chi connectivity index (χ4n) is 1.75. The number of aliphatic imine (C=N–C) groups is 1. The molecule has 0 spiro atoms. The van der Waals surface area contributed by atoms with E-state index in [1.54, 1.807) is 0 Å². The topological polar surface area (TPSA) is 112 Å². The first-order valence-corrected chi connectivity index (χ1v) is 7.37. The molecule has 0 saturated heterocycles. The fraction of sp³-hybridized carbons (Fsp3) is 0.200. The Morgan fingerprint density at radius 3 is 2.80 bits per heavy atom. The summed E-state index contributed by atoms with van der Waals surface area (Å²) in [4.78, 5) is 11.8. The van der Waals surface area contributed by atoms with Crippen LogP contribution in [0.25, 0.3) is 0 Å². The molecule has 1 aromatic carbocycles. The van der Waals surface area contributed by atoms with E-state index in [1.165, 1.54) is 36.7 Å². The highest BCUT2D eigenvalue weighted by molar-refractivity contribution is 6.32. The predicted molar refractivity (Wildman–Crippen MR) is 92.7 cm³/mol. The molecular weight excluding hydrogens is 354 g/mol. The minimum atomic E-state index is -3.08. The van der Waals surface area contributed by atoms with Crippen molar-refractivity contribution >= 4 is 35.0 Å². The second kappa shape index (κ2) is 7.84. The lowest BCUT2D eigenvalue weighted by Gasteiger charge is -2.12. The molecule has 0 aliphatic heterocycles. The van der Waals surface area contributed by atoms with Gasteiger partial charge in [0.25, 0.3) is 5.92 Å². The van der Waals surface area contributed by atoms with Gasteiger partial charge in [-0.05, 0) is 24.3 Å². The third-order valence-corrected chi connectivity index (χ3v) is 3.29. The number of ether oxygens (including phenoxy) is 1. The van der Waals surface area contributed by atoms with E-state index in [2.05, 4.69) is 20.1 Å². The molecule has 0 aliphatic carbocycles. The van der Waals surface area contributed by atoms with E-state index in [4.69, 9.17) is 27.9 Å². The number of benzene rings is 1. The van der Waals surface area contributed by atoms with Crippen LogP contribution in [-0.4, -0.2) is 28.5 Å². The van der Waals surface area contributed by atoms with E-state index in [1.807, 2.05) is 0 Å². The number of halogens is 3. The number of nitrogens with zero attached hydrogens (tertiary/aromatic N) is 4. The SMILES string of the molecule is CC(F)(F)c1cc(N=CC(COc2nccc(N)n2)=NN)ccc1Cl. The van der Waals surface area contributed by atoms with Crippen molar-refractivity contribution in [2.45, 2.75) is 12.8 Å². The molecule has 132 valence electrons. The van der Waals surface area contributed by atoms with Gasteiger partial charge in [0.05, 0.1) is 11.9 Å². The second-order valence-electron chi connectivity index (χ2n) is 4.98. The standard InChI is InChI=1S/C15H15ClF2N6O/c1-15(17,18)11-6-9(2-3-12(11)16)22-7-10(24-20)8-25-14-21-5-4-13(19)23-14/h2-7H,8,20H2,1H3,(H2,19,21,23). The summed E-state index contributed by atoms with van der Waals surface area (Å²) in [6, 6.07) is 5.58. The third kappa shape index (κ3) is 5.35. The van der Waals surface area contributed by atoms with Gasteiger partial charge in [0, 0.05) is 23.7 Å². The van der Waals surface area contributed by atoms with Crippen molar-refractivity contribution in [1.82, 2.24) is 9.97 Å². The summed E-state index contributed by atoms with van der Waals surface area (Å²) in [5.74, 6) is 2.43. The normalized spacial score (nSPS) is 12.6. The highest BCUT2D eigenvalue weighted by Gasteiger charge is 2.27. The number of rotatable bonds is 6. The molecule has 0 atom stereocenters. The average molecular weight is 369 g/mol. The number of hydrazone groups is 1. The molecular formula is C15H15ClF2N6O. The van der Waals surface area contributed by atoms with Gasteiger partial charge in [-0.15, -0.1) is 0 Å². The summed E-state index contributed by atoms with van der Waals surface area (Å²) >= 11 is 5.78. The van der Waals surface area contributed by atoms with E-state index >= 15 is 0 Å². The van der Waals surface area contributed by atoms with E-state index in [0.717, 1.165) is 6.92 Å². The Hall–Kier alpha value is -2.81. The van der Waals surface area contributed by atoms with Crippen molar-refractivity contribution in [3.05, 3.63) is 41.0 Å². The number of aromatic nitrogens is 2. The Morgan fingerprint density at radius 2 is 2.16 bits per heavy atom. The molecule has 0 radical (unpaired) electrons. The van der Waals surface area contributed by atoms with Crippen LogP contribution < -0.4 is 16.3 Å². The van der Waals surface area contributed by atoms with E-state index in [-0.39, 0.29) is 40.4 Å². The quantitative estimate of drug-likeness (QED) is 0.462. The summed E-state index contributed by atoms with van der Waals surface area (Å²) in [5.41, 5.74) is 5.70. The Morgan fingerprint density at radius 1 is 1.40 bits per heavy atom. The minimum absolute atomic E-state index is 0.0405. The fourth-order valence-corrected chi connectivity index (χ4v) is 2.03. The van der Waals surface area contributed by atoms with Crippen LogP contribution in [0.2, 0.25) is 5.02 Å². The number of alkyl halides is 2. The second-order valence-corrected chi connectivity index (χ2v) is 5.39. The Balaban J connectivity index is 2.09. The van der Waals surface area contributed by atoms with Crippen molar-refractivity contribution in [2.24, 2.45) is 15.9 Å². The van der Waals surface area contributed by atoms with Gasteiger partial charge >= 0.3 is 6.01 Å². The van der Waals surface area contributed by atoms with Crippen LogP contribution in [0.5, 0.6) is 6.01 Å². The zero-order valence-electron chi connectivity index (χ0n) is 13.2. The van der Waals surface area contributed by atoms with Crippen molar-refractivity contribution < 1.29 is 13.5 Å². The molecule has 0 bridgehead atoms. The third-order valence-electron chi connectivity index (χ3n) is 2.96. The maximum atomic E-state index is 13.5. The van der Waals surface area contributed by atoms with Crippen LogP contribution in [0.4, 0.5) is 20.3 Å². The van der Waals surface area contributed by atoms with Crippen LogP contribution in [0.15, 0.2) is 40.6 Å². The van der Waals surface area contributed by atoms with Gasteiger partial charge in [-0.1, -0.05) is 11.6 Å². The Bertz CT molecular complexity index is 807. The number of anilines is 1.